The van der Waals surface area contributed by atoms with Crippen molar-refractivity contribution in [1.29, 1.82) is 0 Å². The first-order valence-corrected chi connectivity index (χ1v) is 8.16. The van der Waals surface area contributed by atoms with Crippen molar-refractivity contribution in [2.45, 2.75) is 26.3 Å². The summed E-state index contributed by atoms with van der Waals surface area (Å²) in [6.45, 7) is 4.61. The lowest BCUT2D eigenvalue weighted by molar-refractivity contribution is -0.136. The number of aromatic nitrogens is 2. The van der Waals surface area contributed by atoms with Crippen LogP contribution in [-0.4, -0.2) is 40.4 Å². The van der Waals surface area contributed by atoms with Crippen LogP contribution < -0.4 is 10.9 Å². The molecule has 0 bridgehead atoms. The summed E-state index contributed by atoms with van der Waals surface area (Å²) < 4.78 is 0. The van der Waals surface area contributed by atoms with E-state index in [0.717, 1.165) is 25.9 Å². The van der Waals surface area contributed by atoms with Gasteiger partial charge in [-0.1, -0.05) is 12.1 Å². The van der Waals surface area contributed by atoms with Crippen LogP contribution in [0.2, 0.25) is 0 Å². The Kier molecular flexibility index (Phi) is 4.71. The van der Waals surface area contributed by atoms with Gasteiger partial charge in [0, 0.05) is 13.1 Å². The maximum absolute atomic E-state index is 12.6. The van der Waals surface area contributed by atoms with E-state index in [1.54, 1.807) is 11.0 Å². The van der Waals surface area contributed by atoms with Crippen LogP contribution in [0.5, 0.6) is 0 Å². The Hall–Kier alpha value is -2.21. The van der Waals surface area contributed by atoms with Crippen molar-refractivity contribution in [3.05, 3.63) is 40.4 Å². The first kappa shape index (κ1) is 15.7. The van der Waals surface area contributed by atoms with E-state index in [9.17, 15) is 9.59 Å². The summed E-state index contributed by atoms with van der Waals surface area (Å²) in [7, 11) is 0. The lowest BCUT2D eigenvalue weighted by Gasteiger charge is -2.28. The third-order valence-electron chi connectivity index (χ3n) is 4.34. The maximum atomic E-state index is 12.6. The second-order valence-electron chi connectivity index (χ2n) is 5.93. The summed E-state index contributed by atoms with van der Waals surface area (Å²) in [6, 6.07) is 7.24. The third kappa shape index (κ3) is 3.42. The number of nitrogens with one attached hydrogen (secondary N) is 2. The van der Waals surface area contributed by atoms with Crippen molar-refractivity contribution in [2.24, 2.45) is 5.92 Å². The molecule has 1 fully saturated rings. The number of piperidine rings is 1. The molecule has 1 saturated heterocycles. The van der Waals surface area contributed by atoms with Crippen LogP contribution in [0.3, 0.4) is 0 Å². The van der Waals surface area contributed by atoms with Crippen molar-refractivity contribution in [1.82, 2.24) is 20.2 Å². The number of hydrogen-bond donors (Lipinski definition) is 2. The summed E-state index contributed by atoms with van der Waals surface area (Å²) in [4.78, 5) is 33.8. The standard InChI is InChI=1S/C17H22N4O2/c1-2-21(17(23)12-6-5-9-18-10-12)11-15-19-14-8-4-3-7-13(14)16(22)20-15/h3-4,7-8,12,18H,2,5-6,9-11H2,1H3,(H,19,20,22). The van der Waals surface area contributed by atoms with Crippen molar-refractivity contribution < 1.29 is 4.79 Å². The quantitative estimate of drug-likeness (QED) is 0.891. The number of para-hydroxylation sites is 1. The van der Waals surface area contributed by atoms with E-state index in [-0.39, 0.29) is 17.4 Å². The van der Waals surface area contributed by atoms with Crippen LogP contribution >= 0.6 is 0 Å². The third-order valence-corrected chi connectivity index (χ3v) is 4.34. The van der Waals surface area contributed by atoms with Gasteiger partial charge in [-0.15, -0.1) is 0 Å². The minimum atomic E-state index is -0.159. The molecule has 0 spiro atoms. The van der Waals surface area contributed by atoms with Gasteiger partial charge in [0.15, 0.2) is 0 Å². The Morgan fingerprint density at radius 2 is 2.22 bits per heavy atom. The number of benzene rings is 1. The average Bonchev–Trinajstić information content (AvgIpc) is 2.60. The van der Waals surface area contributed by atoms with Gasteiger partial charge in [0.2, 0.25) is 5.91 Å². The highest BCUT2D eigenvalue weighted by Gasteiger charge is 2.25. The van der Waals surface area contributed by atoms with Crippen LogP contribution in [0.1, 0.15) is 25.6 Å². The lowest BCUT2D eigenvalue weighted by Crippen LogP contribution is -2.43. The van der Waals surface area contributed by atoms with Gasteiger partial charge in [0.25, 0.3) is 5.56 Å². The summed E-state index contributed by atoms with van der Waals surface area (Å²) in [6.07, 6.45) is 1.95. The molecule has 6 nitrogen and oxygen atoms in total. The number of carbonyl (C=O) groups excluding carboxylic acids is 1. The van der Waals surface area contributed by atoms with Crippen LogP contribution in [-0.2, 0) is 11.3 Å². The molecular weight excluding hydrogens is 292 g/mol. The Bertz CT molecular complexity index is 750. The van der Waals surface area contributed by atoms with Gasteiger partial charge < -0.3 is 15.2 Å². The van der Waals surface area contributed by atoms with Crippen molar-refractivity contribution in [3.8, 4) is 0 Å². The van der Waals surface area contributed by atoms with Gasteiger partial charge in [-0.25, -0.2) is 4.98 Å². The molecule has 2 N–H and O–H groups in total. The second kappa shape index (κ2) is 6.91. The predicted molar refractivity (Wildman–Crippen MR) is 89.0 cm³/mol. The SMILES string of the molecule is CCN(Cc1nc2ccccc2c(=O)[nH]1)C(=O)C1CCCNC1. The molecule has 1 aromatic heterocycles. The lowest BCUT2D eigenvalue weighted by atomic mass is 9.98. The first-order valence-electron chi connectivity index (χ1n) is 8.16. The number of aromatic amines is 1. The molecule has 0 saturated carbocycles. The molecule has 2 heterocycles. The van der Waals surface area contributed by atoms with Gasteiger partial charge in [0.1, 0.15) is 5.82 Å². The summed E-state index contributed by atoms with van der Waals surface area (Å²) in [5.41, 5.74) is 0.502. The minimum absolute atomic E-state index is 0.0240. The van der Waals surface area contributed by atoms with Gasteiger partial charge in [0.05, 0.1) is 23.4 Å². The van der Waals surface area contributed by atoms with Gasteiger partial charge in [-0.05, 0) is 38.4 Å². The van der Waals surface area contributed by atoms with E-state index < -0.39 is 0 Å². The Morgan fingerprint density at radius 1 is 1.39 bits per heavy atom. The molecule has 1 unspecified atom stereocenters. The van der Waals surface area contributed by atoms with Crippen LogP contribution in [0, 0.1) is 5.92 Å². The highest BCUT2D eigenvalue weighted by Crippen LogP contribution is 2.15. The monoisotopic (exact) mass is 314 g/mol. The number of nitrogens with zero attached hydrogens (tertiary/aromatic N) is 2. The van der Waals surface area contributed by atoms with Gasteiger partial charge in [-0.3, -0.25) is 9.59 Å². The predicted octanol–water partition coefficient (Wildman–Crippen LogP) is 1.27. The van der Waals surface area contributed by atoms with Crippen molar-refractivity contribution in [3.63, 3.8) is 0 Å². The van der Waals surface area contributed by atoms with E-state index in [1.807, 2.05) is 25.1 Å². The zero-order valence-electron chi connectivity index (χ0n) is 13.3. The molecular formula is C17H22N4O2. The Balaban J connectivity index is 1.81. The molecule has 1 amide bonds. The summed E-state index contributed by atoms with van der Waals surface area (Å²) in [5, 5.41) is 3.84. The topological polar surface area (TPSA) is 78.1 Å². The highest BCUT2D eigenvalue weighted by molar-refractivity contribution is 5.79. The molecule has 1 aliphatic rings. The fraction of sp³-hybridized carbons (Fsp3) is 0.471. The maximum Gasteiger partial charge on any atom is 0.258 e. The largest absolute Gasteiger partial charge is 0.335 e. The smallest absolute Gasteiger partial charge is 0.258 e. The molecule has 1 atom stereocenters. The fourth-order valence-electron chi connectivity index (χ4n) is 3.06. The Labute approximate surface area is 134 Å². The van der Waals surface area contributed by atoms with Crippen LogP contribution in [0.15, 0.2) is 29.1 Å². The number of fused-ring (bicyclic) bond motifs is 1. The second-order valence-corrected chi connectivity index (χ2v) is 5.93. The van der Waals surface area contributed by atoms with Gasteiger partial charge >= 0.3 is 0 Å². The number of amides is 1. The molecule has 122 valence electrons. The molecule has 23 heavy (non-hydrogen) atoms. The van der Waals surface area contributed by atoms with Crippen molar-refractivity contribution >= 4 is 16.8 Å². The van der Waals surface area contributed by atoms with Crippen LogP contribution in [0.4, 0.5) is 0 Å². The zero-order chi connectivity index (χ0) is 16.2. The molecule has 0 aliphatic carbocycles. The number of carbonyl (C=O) groups is 1. The number of hydrogen-bond acceptors (Lipinski definition) is 4. The van der Waals surface area contributed by atoms with E-state index in [2.05, 4.69) is 15.3 Å². The van der Waals surface area contributed by atoms with E-state index in [4.69, 9.17) is 0 Å². The molecule has 0 radical (unpaired) electrons. The van der Waals surface area contributed by atoms with Crippen LogP contribution in [0.25, 0.3) is 10.9 Å². The molecule has 1 aliphatic heterocycles. The van der Waals surface area contributed by atoms with E-state index in [0.29, 0.717) is 29.8 Å². The number of H-pyrrole nitrogens is 1. The Morgan fingerprint density at radius 3 is 2.96 bits per heavy atom. The fourth-order valence-corrected chi connectivity index (χ4v) is 3.06. The first-order chi connectivity index (χ1) is 11.2. The number of rotatable bonds is 4. The molecule has 1 aromatic carbocycles. The average molecular weight is 314 g/mol. The minimum Gasteiger partial charge on any atom is -0.335 e. The zero-order valence-corrected chi connectivity index (χ0v) is 13.3. The van der Waals surface area contributed by atoms with E-state index in [1.165, 1.54) is 0 Å². The summed E-state index contributed by atoms with van der Waals surface area (Å²) >= 11 is 0. The normalized spacial score (nSPS) is 18.0. The molecule has 2 aromatic rings. The highest BCUT2D eigenvalue weighted by atomic mass is 16.2. The molecule has 3 rings (SSSR count). The van der Waals surface area contributed by atoms with Crippen molar-refractivity contribution in [2.75, 3.05) is 19.6 Å². The van der Waals surface area contributed by atoms with E-state index >= 15 is 0 Å². The summed E-state index contributed by atoms with van der Waals surface area (Å²) in [5.74, 6) is 0.694. The molecule has 6 heteroatoms. The van der Waals surface area contributed by atoms with Gasteiger partial charge in [-0.2, -0.15) is 0 Å².